The number of carbonyl (C=O) groups is 2. The minimum atomic E-state index is -0.461. The molecule has 0 spiro atoms. The first-order valence-corrected chi connectivity index (χ1v) is 8.90. The van der Waals surface area contributed by atoms with Crippen molar-refractivity contribution < 1.29 is 14.3 Å². The highest BCUT2D eigenvalue weighted by molar-refractivity contribution is 6.01. The number of carbonyl (C=O) groups excluding carboxylic acids is 2. The van der Waals surface area contributed by atoms with Crippen LogP contribution in [0.25, 0.3) is 16.9 Å². The molecule has 0 bridgehead atoms. The van der Waals surface area contributed by atoms with Crippen molar-refractivity contribution in [3.8, 4) is 22.7 Å². The maximum atomic E-state index is 12.8. The number of rotatable bonds is 5. The monoisotopic (exact) mass is 378 g/mol. The number of benzene rings is 2. The number of hydrogen-bond donors (Lipinski definition) is 2. The van der Waals surface area contributed by atoms with Crippen molar-refractivity contribution in [1.82, 2.24) is 20.6 Å². The van der Waals surface area contributed by atoms with Crippen LogP contribution < -0.4 is 15.6 Å². The van der Waals surface area contributed by atoms with Gasteiger partial charge in [0.1, 0.15) is 11.4 Å². The molecule has 0 aliphatic carbocycles. The third-order valence-electron chi connectivity index (χ3n) is 4.17. The molecule has 7 heteroatoms. The van der Waals surface area contributed by atoms with Crippen LogP contribution in [0.5, 0.6) is 5.75 Å². The van der Waals surface area contributed by atoms with Gasteiger partial charge in [-0.25, -0.2) is 4.68 Å². The molecule has 28 heavy (non-hydrogen) atoms. The molecule has 0 aliphatic rings. The zero-order valence-electron chi connectivity index (χ0n) is 16.0. The Morgan fingerprint density at radius 1 is 1.00 bits per heavy atom. The highest BCUT2D eigenvalue weighted by Gasteiger charge is 2.21. The quantitative estimate of drug-likeness (QED) is 0.669. The second-order valence-electron chi connectivity index (χ2n) is 6.47. The van der Waals surface area contributed by atoms with Crippen molar-refractivity contribution in [3.63, 3.8) is 0 Å². The number of ether oxygens (including phenoxy) is 1. The van der Waals surface area contributed by atoms with Gasteiger partial charge in [0.25, 0.3) is 5.91 Å². The van der Waals surface area contributed by atoms with Gasteiger partial charge in [0.2, 0.25) is 5.91 Å². The zero-order chi connectivity index (χ0) is 20.1. The number of hydrogen-bond acceptors (Lipinski definition) is 4. The molecule has 2 N–H and O–H groups in total. The van der Waals surface area contributed by atoms with Crippen LogP contribution in [0.2, 0.25) is 0 Å². The number of para-hydroxylation sites is 2. The van der Waals surface area contributed by atoms with E-state index in [1.807, 2.05) is 48.5 Å². The Kier molecular flexibility index (Phi) is 5.74. The molecular formula is C21H22N4O3. The van der Waals surface area contributed by atoms with E-state index < -0.39 is 5.91 Å². The normalized spacial score (nSPS) is 10.6. The summed E-state index contributed by atoms with van der Waals surface area (Å²) in [6.45, 7) is 3.49. The molecule has 1 heterocycles. The average molecular weight is 378 g/mol. The van der Waals surface area contributed by atoms with Gasteiger partial charge in [-0.05, 0) is 24.3 Å². The summed E-state index contributed by atoms with van der Waals surface area (Å²) in [5.74, 6) is -0.387. The van der Waals surface area contributed by atoms with Crippen LogP contribution in [-0.4, -0.2) is 28.7 Å². The van der Waals surface area contributed by atoms with E-state index in [1.165, 1.54) is 0 Å². The lowest BCUT2D eigenvalue weighted by molar-refractivity contribution is -0.124. The average Bonchev–Trinajstić information content (AvgIpc) is 3.17. The second-order valence-corrected chi connectivity index (χ2v) is 6.47. The number of hydrazine groups is 1. The molecule has 0 fully saturated rings. The Balaban J connectivity index is 2.03. The molecule has 3 rings (SSSR count). The third kappa shape index (κ3) is 4.03. The first-order valence-electron chi connectivity index (χ1n) is 8.90. The smallest absolute Gasteiger partial charge is 0.273 e. The highest BCUT2D eigenvalue weighted by Crippen LogP contribution is 2.31. The van der Waals surface area contributed by atoms with Crippen molar-refractivity contribution in [2.24, 2.45) is 5.92 Å². The molecule has 0 unspecified atom stereocenters. The molecule has 0 saturated heterocycles. The first kappa shape index (κ1) is 19.2. The van der Waals surface area contributed by atoms with Crippen LogP contribution in [-0.2, 0) is 4.79 Å². The molecule has 0 aliphatic heterocycles. The Morgan fingerprint density at radius 2 is 1.68 bits per heavy atom. The van der Waals surface area contributed by atoms with Crippen molar-refractivity contribution in [2.75, 3.05) is 7.11 Å². The van der Waals surface area contributed by atoms with Gasteiger partial charge >= 0.3 is 0 Å². The molecule has 2 aromatic carbocycles. The molecule has 3 aromatic rings. The fraction of sp³-hybridized carbons (Fsp3) is 0.190. The van der Waals surface area contributed by atoms with E-state index >= 15 is 0 Å². The van der Waals surface area contributed by atoms with Crippen molar-refractivity contribution in [1.29, 1.82) is 0 Å². The van der Waals surface area contributed by atoms with E-state index in [0.29, 0.717) is 22.6 Å². The second kappa shape index (κ2) is 8.39. The number of aromatic nitrogens is 2. The molecule has 0 radical (unpaired) electrons. The van der Waals surface area contributed by atoms with Crippen LogP contribution >= 0.6 is 0 Å². The van der Waals surface area contributed by atoms with Gasteiger partial charge in [-0.1, -0.05) is 44.2 Å². The van der Waals surface area contributed by atoms with E-state index in [1.54, 1.807) is 37.9 Å². The number of methoxy groups -OCH3 is 1. The molecule has 1 aromatic heterocycles. The lowest BCUT2D eigenvalue weighted by atomic mass is 10.1. The number of nitrogens with zero attached hydrogens (tertiary/aromatic N) is 2. The molecule has 0 atom stereocenters. The largest absolute Gasteiger partial charge is 0.496 e. The predicted octanol–water partition coefficient (Wildman–Crippen LogP) is 2.96. The Morgan fingerprint density at radius 3 is 2.36 bits per heavy atom. The predicted molar refractivity (Wildman–Crippen MR) is 106 cm³/mol. The maximum absolute atomic E-state index is 12.8. The third-order valence-corrected chi connectivity index (χ3v) is 4.17. The number of nitrogens with one attached hydrogen (secondary N) is 2. The SMILES string of the molecule is COc1ccccc1-c1nn(-c2ccccc2)cc1C(=O)NNC(=O)C(C)C. The Hall–Kier alpha value is -3.61. The highest BCUT2D eigenvalue weighted by atomic mass is 16.5. The summed E-state index contributed by atoms with van der Waals surface area (Å²) in [4.78, 5) is 24.6. The van der Waals surface area contributed by atoms with E-state index in [4.69, 9.17) is 4.74 Å². The summed E-state index contributed by atoms with van der Waals surface area (Å²) < 4.78 is 7.05. The van der Waals surface area contributed by atoms with E-state index in [0.717, 1.165) is 5.69 Å². The minimum Gasteiger partial charge on any atom is -0.496 e. The van der Waals surface area contributed by atoms with Crippen molar-refractivity contribution in [2.45, 2.75) is 13.8 Å². The van der Waals surface area contributed by atoms with Gasteiger partial charge in [0.05, 0.1) is 18.4 Å². The summed E-state index contributed by atoms with van der Waals surface area (Å²) in [6, 6.07) is 16.8. The number of amides is 2. The molecule has 2 amide bonds. The fourth-order valence-corrected chi connectivity index (χ4v) is 2.62. The van der Waals surface area contributed by atoms with Crippen LogP contribution in [0.3, 0.4) is 0 Å². The summed E-state index contributed by atoms with van der Waals surface area (Å²) in [5.41, 5.74) is 7.15. The van der Waals surface area contributed by atoms with Gasteiger partial charge in [0.15, 0.2) is 0 Å². The fourth-order valence-electron chi connectivity index (χ4n) is 2.62. The van der Waals surface area contributed by atoms with E-state index in [2.05, 4.69) is 16.0 Å². The first-order chi connectivity index (χ1) is 13.5. The summed E-state index contributed by atoms with van der Waals surface area (Å²) in [7, 11) is 1.57. The lowest BCUT2D eigenvalue weighted by Crippen LogP contribution is -2.43. The minimum absolute atomic E-state index is 0.249. The summed E-state index contributed by atoms with van der Waals surface area (Å²) in [5, 5.41) is 4.61. The zero-order valence-corrected chi connectivity index (χ0v) is 16.0. The van der Waals surface area contributed by atoms with Gasteiger partial charge in [0, 0.05) is 17.7 Å². The van der Waals surface area contributed by atoms with Crippen molar-refractivity contribution >= 4 is 11.8 Å². The standard InChI is InChI=1S/C21H22N4O3/c1-14(2)20(26)22-23-21(27)17-13-25(15-9-5-4-6-10-15)24-19(17)16-11-7-8-12-18(16)28-3/h4-14H,1-3H3,(H,22,26)(H,23,27). The van der Waals surface area contributed by atoms with E-state index in [-0.39, 0.29) is 11.8 Å². The summed E-state index contributed by atoms with van der Waals surface area (Å²) in [6.07, 6.45) is 1.63. The Labute approximate surface area is 163 Å². The lowest BCUT2D eigenvalue weighted by Gasteiger charge is -2.10. The van der Waals surface area contributed by atoms with Crippen LogP contribution in [0, 0.1) is 5.92 Å². The Bertz CT molecular complexity index is 980. The van der Waals surface area contributed by atoms with Gasteiger partial charge in [-0.15, -0.1) is 0 Å². The maximum Gasteiger partial charge on any atom is 0.273 e. The van der Waals surface area contributed by atoms with Crippen molar-refractivity contribution in [3.05, 3.63) is 66.4 Å². The molecular weight excluding hydrogens is 356 g/mol. The van der Waals surface area contributed by atoms with Gasteiger partial charge < -0.3 is 4.74 Å². The van der Waals surface area contributed by atoms with E-state index in [9.17, 15) is 9.59 Å². The molecule has 0 saturated carbocycles. The summed E-state index contributed by atoms with van der Waals surface area (Å²) >= 11 is 0. The van der Waals surface area contributed by atoms with Gasteiger partial charge in [-0.3, -0.25) is 20.4 Å². The van der Waals surface area contributed by atoms with Crippen LogP contribution in [0.4, 0.5) is 0 Å². The molecule has 144 valence electrons. The van der Waals surface area contributed by atoms with Gasteiger partial charge in [-0.2, -0.15) is 5.10 Å². The van der Waals surface area contributed by atoms with Crippen LogP contribution in [0.15, 0.2) is 60.8 Å². The molecule has 7 nitrogen and oxygen atoms in total. The topological polar surface area (TPSA) is 85.2 Å². The van der Waals surface area contributed by atoms with Crippen LogP contribution in [0.1, 0.15) is 24.2 Å².